The molecule has 1 aromatic heterocycles. The minimum absolute atomic E-state index is 0.104. The average molecular weight is 216 g/mol. The number of primary sulfonamides is 1. The first-order chi connectivity index (χ1) is 6.50. The number of aromatic nitrogens is 2. The molecule has 0 unspecified atom stereocenters. The van der Waals surface area contributed by atoms with Gasteiger partial charge < -0.3 is 5.32 Å². The van der Waals surface area contributed by atoms with Crippen molar-refractivity contribution in [2.24, 2.45) is 5.14 Å². The van der Waals surface area contributed by atoms with Gasteiger partial charge in [-0.3, -0.25) is 9.89 Å². The molecule has 1 aliphatic rings. The highest BCUT2D eigenvalue weighted by atomic mass is 32.2. The van der Waals surface area contributed by atoms with E-state index >= 15 is 0 Å². The molecule has 0 saturated heterocycles. The predicted molar refractivity (Wildman–Crippen MR) is 46.6 cm³/mol. The Morgan fingerprint density at radius 1 is 1.43 bits per heavy atom. The minimum Gasteiger partial charge on any atom is -0.307 e. The van der Waals surface area contributed by atoms with Crippen molar-refractivity contribution in [3.8, 4) is 0 Å². The van der Waals surface area contributed by atoms with Gasteiger partial charge in [0, 0.05) is 18.7 Å². The van der Waals surface area contributed by atoms with Gasteiger partial charge in [-0.15, -0.1) is 0 Å². The molecule has 2 rings (SSSR count). The van der Waals surface area contributed by atoms with Crippen LogP contribution < -0.4 is 10.5 Å². The number of nitrogens with zero attached hydrogens (tertiary/aromatic N) is 1. The van der Waals surface area contributed by atoms with Crippen LogP contribution in [0.15, 0.2) is 0 Å². The lowest BCUT2D eigenvalue weighted by atomic mass is 10.2. The second kappa shape index (κ2) is 2.87. The van der Waals surface area contributed by atoms with Gasteiger partial charge in [0.15, 0.2) is 5.69 Å². The van der Waals surface area contributed by atoms with Gasteiger partial charge in [0.05, 0.1) is 5.69 Å². The molecule has 1 aliphatic heterocycles. The van der Waals surface area contributed by atoms with Crippen molar-refractivity contribution in [1.82, 2.24) is 15.5 Å². The molecular formula is C6H8N4O3S. The Labute approximate surface area is 79.7 Å². The van der Waals surface area contributed by atoms with E-state index in [1.54, 1.807) is 0 Å². The normalized spacial score (nSPS) is 15.5. The zero-order valence-corrected chi connectivity index (χ0v) is 7.89. The van der Waals surface area contributed by atoms with Crippen LogP contribution in [0.5, 0.6) is 0 Å². The maximum Gasteiger partial charge on any atom is 0.311 e. The quantitative estimate of drug-likeness (QED) is 0.524. The summed E-state index contributed by atoms with van der Waals surface area (Å²) < 4.78 is 21.6. The van der Waals surface area contributed by atoms with E-state index in [9.17, 15) is 13.2 Å². The molecule has 2 heterocycles. The van der Waals surface area contributed by atoms with E-state index in [1.807, 2.05) is 0 Å². The number of hydrogen-bond donors (Lipinski definition) is 3. The number of aromatic amines is 1. The number of fused-ring (bicyclic) bond motifs is 1. The summed E-state index contributed by atoms with van der Waals surface area (Å²) in [5, 5.41) is 12.7. The summed E-state index contributed by atoms with van der Waals surface area (Å²) in [6, 6.07) is 0. The van der Waals surface area contributed by atoms with Crippen LogP contribution in [0, 0.1) is 0 Å². The Bertz CT molecular complexity index is 489. The third-order valence-electron chi connectivity index (χ3n) is 2.01. The van der Waals surface area contributed by atoms with Gasteiger partial charge in [-0.2, -0.15) is 5.10 Å². The molecule has 1 aromatic rings. The smallest absolute Gasteiger partial charge is 0.307 e. The molecule has 4 N–H and O–H groups in total. The van der Waals surface area contributed by atoms with Gasteiger partial charge in [-0.05, 0) is 0 Å². The van der Waals surface area contributed by atoms with E-state index in [4.69, 9.17) is 5.14 Å². The molecule has 0 radical (unpaired) electrons. The fraction of sp³-hybridized carbons (Fsp3) is 0.333. The second-order valence-electron chi connectivity index (χ2n) is 2.97. The number of nitrogens with two attached hydrogens (primary N) is 1. The largest absolute Gasteiger partial charge is 0.311 e. The summed E-state index contributed by atoms with van der Waals surface area (Å²) in [6.07, 6.45) is 0. The van der Waals surface area contributed by atoms with E-state index in [-0.39, 0.29) is 5.69 Å². The van der Waals surface area contributed by atoms with E-state index < -0.39 is 15.1 Å². The number of sulfonamides is 1. The summed E-state index contributed by atoms with van der Waals surface area (Å²) in [6.45, 7) is 0.989. The summed E-state index contributed by atoms with van der Waals surface area (Å²) in [5.74, 6) is 0. The van der Waals surface area contributed by atoms with Crippen LogP contribution >= 0.6 is 0 Å². The third-order valence-corrected chi connectivity index (χ3v) is 2.72. The molecule has 7 nitrogen and oxygen atoms in total. The van der Waals surface area contributed by atoms with Crippen LogP contribution in [-0.4, -0.2) is 23.7 Å². The van der Waals surface area contributed by atoms with Gasteiger partial charge in [0.2, 0.25) is 0 Å². The van der Waals surface area contributed by atoms with Gasteiger partial charge in [-0.25, -0.2) is 13.6 Å². The molecule has 0 fully saturated rings. The molecule has 0 saturated carbocycles. The maximum absolute atomic E-state index is 11.3. The van der Waals surface area contributed by atoms with E-state index in [2.05, 4.69) is 15.5 Å². The van der Waals surface area contributed by atoms with Crippen molar-refractivity contribution in [3.05, 3.63) is 17.0 Å². The molecule has 0 spiro atoms. The Morgan fingerprint density at radius 2 is 2.14 bits per heavy atom. The van der Waals surface area contributed by atoms with Crippen molar-refractivity contribution in [1.29, 1.82) is 0 Å². The molecule has 8 heteroatoms. The SMILES string of the molecule is NS(=O)(=O)C(=O)c1n[nH]c2c1CNC2. The number of carbonyl (C=O) groups excluding carboxylic acids is 1. The molecule has 0 aliphatic carbocycles. The van der Waals surface area contributed by atoms with Gasteiger partial charge in [0.1, 0.15) is 0 Å². The van der Waals surface area contributed by atoms with Gasteiger partial charge >= 0.3 is 5.12 Å². The zero-order chi connectivity index (χ0) is 10.3. The van der Waals surface area contributed by atoms with Crippen molar-refractivity contribution in [3.63, 3.8) is 0 Å². The van der Waals surface area contributed by atoms with Crippen molar-refractivity contribution in [2.75, 3.05) is 0 Å². The number of rotatable bonds is 1. The van der Waals surface area contributed by atoms with E-state index in [0.717, 1.165) is 5.69 Å². The van der Waals surface area contributed by atoms with Gasteiger partial charge in [-0.1, -0.05) is 0 Å². The molecule has 0 bridgehead atoms. The van der Waals surface area contributed by atoms with Crippen LogP contribution in [0.2, 0.25) is 0 Å². The topological polar surface area (TPSA) is 118 Å². The van der Waals surface area contributed by atoms with Crippen molar-refractivity contribution in [2.45, 2.75) is 13.1 Å². The maximum atomic E-state index is 11.3. The van der Waals surface area contributed by atoms with Crippen molar-refractivity contribution < 1.29 is 13.2 Å². The Hall–Kier alpha value is -1.25. The number of H-pyrrole nitrogens is 1. The fourth-order valence-corrected chi connectivity index (χ4v) is 1.79. The molecule has 76 valence electrons. The summed E-state index contributed by atoms with van der Waals surface area (Å²) >= 11 is 0. The third kappa shape index (κ3) is 1.33. The fourth-order valence-electron chi connectivity index (χ4n) is 1.35. The summed E-state index contributed by atoms with van der Waals surface area (Å²) in [7, 11) is -4.20. The Balaban J connectivity index is 2.49. The number of carbonyl (C=O) groups is 1. The van der Waals surface area contributed by atoms with Crippen molar-refractivity contribution >= 4 is 15.1 Å². The monoisotopic (exact) mass is 216 g/mol. The summed E-state index contributed by atoms with van der Waals surface area (Å²) in [4.78, 5) is 11.3. The standard InChI is InChI=1S/C6H8N4O3S/c7-14(12,13)6(11)5-3-1-8-2-4(3)9-10-5/h8H,1-2H2,(H,9,10)(H2,7,12,13). The molecule has 0 amide bonds. The highest BCUT2D eigenvalue weighted by molar-refractivity contribution is 8.04. The first-order valence-corrected chi connectivity index (χ1v) is 5.39. The Kier molecular flexibility index (Phi) is 1.91. The van der Waals surface area contributed by atoms with Gasteiger partial charge in [0.25, 0.3) is 10.0 Å². The average Bonchev–Trinajstić information content (AvgIpc) is 2.59. The lowest BCUT2D eigenvalue weighted by Crippen LogP contribution is -2.24. The molecule has 14 heavy (non-hydrogen) atoms. The minimum atomic E-state index is -4.20. The number of nitrogens with one attached hydrogen (secondary N) is 2. The summed E-state index contributed by atoms with van der Waals surface area (Å²) in [5.41, 5.74) is 1.22. The lowest BCUT2D eigenvalue weighted by molar-refractivity contribution is 0.107. The first kappa shape index (κ1) is 9.31. The highest BCUT2D eigenvalue weighted by Gasteiger charge is 2.28. The van der Waals surface area contributed by atoms with Crippen LogP contribution in [0.3, 0.4) is 0 Å². The van der Waals surface area contributed by atoms with E-state index in [0.29, 0.717) is 18.7 Å². The highest BCUT2D eigenvalue weighted by Crippen LogP contribution is 2.17. The van der Waals surface area contributed by atoms with Crippen LogP contribution in [0.1, 0.15) is 21.7 Å². The van der Waals surface area contributed by atoms with Crippen LogP contribution in [0.25, 0.3) is 0 Å². The molecular weight excluding hydrogens is 208 g/mol. The number of hydrogen-bond acceptors (Lipinski definition) is 5. The lowest BCUT2D eigenvalue weighted by Gasteiger charge is -1.95. The Morgan fingerprint density at radius 3 is 2.79 bits per heavy atom. The molecule has 0 aromatic carbocycles. The first-order valence-electron chi connectivity index (χ1n) is 3.84. The van der Waals surface area contributed by atoms with E-state index in [1.165, 1.54) is 0 Å². The van der Waals surface area contributed by atoms with Crippen LogP contribution in [-0.2, 0) is 23.1 Å². The molecule has 0 atom stereocenters. The second-order valence-corrected chi connectivity index (χ2v) is 4.43. The zero-order valence-electron chi connectivity index (χ0n) is 7.07. The predicted octanol–water partition coefficient (Wildman–Crippen LogP) is -1.56. The van der Waals surface area contributed by atoms with Crippen LogP contribution in [0.4, 0.5) is 0 Å².